The molecule has 0 aromatic heterocycles. The first-order valence-electron chi connectivity index (χ1n) is 3.82. The molecule has 2 rings (SSSR count). The molecule has 0 atom stereocenters. The van der Waals surface area contributed by atoms with Crippen molar-refractivity contribution in [1.82, 2.24) is 0 Å². The van der Waals surface area contributed by atoms with E-state index in [1.807, 2.05) is 13.8 Å². The van der Waals surface area contributed by atoms with Crippen LogP contribution in [-0.4, -0.2) is 0 Å². The van der Waals surface area contributed by atoms with Crippen LogP contribution < -0.4 is 0 Å². The Bertz CT molecular complexity index is 289. The first-order chi connectivity index (χ1) is 5.20. The SMILES string of the molecule is C[C]1OC(C)=C2C(C)=CC=C12. The van der Waals surface area contributed by atoms with Crippen molar-refractivity contribution in [3.63, 3.8) is 0 Å². The quantitative estimate of drug-likeness (QED) is 0.512. The molecule has 57 valence electrons. The van der Waals surface area contributed by atoms with E-state index in [0.717, 1.165) is 11.9 Å². The highest BCUT2D eigenvalue weighted by molar-refractivity contribution is 5.62. The Kier molecular flexibility index (Phi) is 1.22. The second kappa shape index (κ2) is 2.00. The molecule has 0 aromatic rings. The molecule has 0 amide bonds. The van der Waals surface area contributed by atoms with Crippen molar-refractivity contribution >= 4 is 0 Å². The summed E-state index contributed by atoms with van der Waals surface area (Å²) in [7, 11) is 0. The van der Waals surface area contributed by atoms with Gasteiger partial charge in [0.1, 0.15) is 5.76 Å². The average Bonchev–Trinajstić information content (AvgIpc) is 2.41. The summed E-state index contributed by atoms with van der Waals surface area (Å²) in [6, 6.07) is 0. The lowest BCUT2D eigenvalue weighted by molar-refractivity contribution is 0.269. The molecule has 0 bridgehead atoms. The summed E-state index contributed by atoms with van der Waals surface area (Å²) in [5.74, 6) is 1.04. The van der Waals surface area contributed by atoms with Crippen LogP contribution >= 0.6 is 0 Å². The molecular weight excluding hydrogens is 136 g/mol. The Labute approximate surface area is 67.1 Å². The molecule has 1 aliphatic carbocycles. The van der Waals surface area contributed by atoms with Crippen LogP contribution in [0.3, 0.4) is 0 Å². The summed E-state index contributed by atoms with van der Waals surface area (Å²) in [5, 5.41) is 0. The van der Waals surface area contributed by atoms with Gasteiger partial charge in [0.2, 0.25) is 0 Å². The van der Waals surface area contributed by atoms with E-state index in [4.69, 9.17) is 4.74 Å². The molecule has 0 saturated carbocycles. The van der Waals surface area contributed by atoms with Crippen LogP contribution in [0.4, 0.5) is 0 Å². The van der Waals surface area contributed by atoms with Crippen LogP contribution in [0.2, 0.25) is 0 Å². The Hall–Kier alpha value is -0.980. The number of hydrogen-bond donors (Lipinski definition) is 0. The van der Waals surface area contributed by atoms with Crippen molar-refractivity contribution in [2.24, 2.45) is 0 Å². The molecule has 0 fully saturated rings. The molecule has 1 radical (unpaired) electrons. The minimum atomic E-state index is 1.03. The maximum atomic E-state index is 5.49. The molecule has 0 aromatic carbocycles. The summed E-state index contributed by atoms with van der Waals surface area (Å²) in [5.41, 5.74) is 3.87. The van der Waals surface area contributed by atoms with Crippen molar-refractivity contribution < 1.29 is 4.74 Å². The van der Waals surface area contributed by atoms with Crippen LogP contribution in [0, 0.1) is 6.10 Å². The lowest BCUT2D eigenvalue weighted by Gasteiger charge is -2.02. The number of fused-ring (bicyclic) bond motifs is 1. The summed E-state index contributed by atoms with van der Waals surface area (Å²) >= 11 is 0. The fraction of sp³-hybridized carbons (Fsp3) is 0.300. The Balaban J connectivity index is 2.49. The fourth-order valence-corrected chi connectivity index (χ4v) is 1.68. The van der Waals surface area contributed by atoms with Gasteiger partial charge in [-0.3, -0.25) is 0 Å². The molecule has 0 N–H and O–H groups in total. The van der Waals surface area contributed by atoms with E-state index in [2.05, 4.69) is 19.1 Å². The Morgan fingerprint density at radius 1 is 1.09 bits per heavy atom. The molecule has 1 heterocycles. The molecule has 1 heteroatoms. The third-order valence-electron chi connectivity index (χ3n) is 2.20. The number of hydrogen-bond acceptors (Lipinski definition) is 1. The van der Waals surface area contributed by atoms with Gasteiger partial charge in [-0.25, -0.2) is 0 Å². The molecule has 0 saturated heterocycles. The molecule has 1 aliphatic heterocycles. The molecular formula is C10H11O. The van der Waals surface area contributed by atoms with Crippen molar-refractivity contribution in [3.05, 3.63) is 40.7 Å². The number of allylic oxidation sites excluding steroid dienone is 4. The normalized spacial score (nSPS) is 23.2. The summed E-state index contributed by atoms with van der Waals surface area (Å²) in [6.07, 6.45) is 5.29. The van der Waals surface area contributed by atoms with Crippen LogP contribution in [0.5, 0.6) is 0 Å². The Morgan fingerprint density at radius 2 is 1.82 bits per heavy atom. The average molecular weight is 147 g/mol. The minimum absolute atomic E-state index is 1.03. The van der Waals surface area contributed by atoms with Crippen LogP contribution in [0.25, 0.3) is 0 Å². The zero-order valence-corrected chi connectivity index (χ0v) is 7.06. The smallest absolute Gasteiger partial charge is 0.175 e. The zero-order valence-electron chi connectivity index (χ0n) is 7.06. The standard InChI is InChI=1S/C10H11O/c1-6-4-5-9-7(2)11-8(3)10(6)9/h4-5H,1-3H3. The van der Waals surface area contributed by atoms with Crippen molar-refractivity contribution in [2.75, 3.05) is 0 Å². The van der Waals surface area contributed by atoms with Gasteiger partial charge in [-0.1, -0.05) is 12.2 Å². The van der Waals surface area contributed by atoms with E-state index in [1.54, 1.807) is 0 Å². The van der Waals surface area contributed by atoms with Crippen molar-refractivity contribution in [2.45, 2.75) is 20.8 Å². The van der Waals surface area contributed by atoms with Gasteiger partial charge in [-0.15, -0.1) is 0 Å². The predicted molar refractivity (Wildman–Crippen MR) is 44.5 cm³/mol. The van der Waals surface area contributed by atoms with Gasteiger partial charge >= 0.3 is 0 Å². The summed E-state index contributed by atoms with van der Waals surface area (Å²) < 4.78 is 5.49. The van der Waals surface area contributed by atoms with E-state index < -0.39 is 0 Å². The minimum Gasteiger partial charge on any atom is -0.482 e. The van der Waals surface area contributed by atoms with E-state index in [1.165, 1.54) is 16.7 Å². The second-order valence-electron chi connectivity index (χ2n) is 3.02. The summed E-state index contributed by atoms with van der Waals surface area (Å²) in [4.78, 5) is 0. The third kappa shape index (κ3) is 0.770. The van der Waals surface area contributed by atoms with Gasteiger partial charge in [0.05, 0.1) is 0 Å². The third-order valence-corrected chi connectivity index (χ3v) is 2.20. The molecule has 0 unspecified atom stereocenters. The molecule has 1 nitrogen and oxygen atoms in total. The zero-order chi connectivity index (χ0) is 8.01. The highest BCUT2D eigenvalue weighted by Crippen LogP contribution is 2.42. The molecule has 11 heavy (non-hydrogen) atoms. The maximum Gasteiger partial charge on any atom is 0.175 e. The monoisotopic (exact) mass is 147 g/mol. The number of rotatable bonds is 0. The van der Waals surface area contributed by atoms with Gasteiger partial charge in [0, 0.05) is 11.1 Å². The first kappa shape index (κ1) is 6.71. The fourth-order valence-electron chi connectivity index (χ4n) is 1.68. The van der Waals surface area contributed by atoms with E-state index in [0.29, 0.717) is 0 Å². The van der Waals surface area contributed by atoms with Crippen LogP contribution in [-0.2, 0) is 4.74 Å². The van der Waals surface area contributed by atoms with Gasteiger partial charge in [0.15, 0.2) is 6.10 Å². The van der Waals surface area contributed by atoms with Gasteiger partial charge < -0.3 is 4.74 Å². The van der Waals surface area contributed by atoms with E-state index >= 15 is 0 Å². The Morgan fingerprint density at radius 3 is 2.45 bits per heavy atom. The van der Waals surface area contributed by atoms with Crippen molar-refractivity contribution in [1.29, 1.82) is 0 Å². The van der Waals surface area contributed by atoms with Crippen molar-refractivity contribution in [3.8, 4) is 0 Å². The lowest BCUT2D eigenvalue weighted by atomic mass is 10.0. The lowest BCUT2D eigenvalue weighted by Crippen LogP contribution is -1.89. The predicted octanol–water partition coefficient (Wildman–Crippen LogP) is 2.73. The summed E-state index contributed by atoms with van der Waals surface area (Å²) in [6.45, 7) is 6.14. The molecule has 0 spiro atoms. The first-order valence-corrected chi connectivity index (χ1v) is 3.82. The highest BCUT2D eigenvalue weighted by Gasteiger charge is 2.29. The highest BCUT2D eigenvalue weighted by atomic mass is 16.5. The topological polar surface area (TPSA) is 9.23 Å². The van der Waals surface area contributed by atoms with E-state index in [9.17, 15) is 0 Å². The maximum absolute atomic E-state index is 5.49. The second-order valence-corrected chi connectivity index (χ2v) is 3.02. The van der Waals surface area contributed by atoms with Gasteiger partial charge in [-0.05, 0) is 26.3 Å². The molecule has 2 aliphatic rings. The van der Waals surface area contributed by atoms with Crippen LogP contribution in [0.1, 0.15) is 20.8 Å². The van der Waals surface area contributed by atoms with Gasteiger partial charge in [0.25, 0.3) is 0 Å². The number of ether oxygens (including phenoxy) is 1. The largest absolute Gasteiger partial charge is 0.482 e. The van der Waals surface area contributed by atoms with Crippen LogP contribution in [0.15, 0.2) is 34.6 Å². The van der Waals surface area contributed by atoms with Gasteiger partial charge in [-0.2, -0.15) is 0 Å². The van der Waals surface area contributed by atoms with E-state index in [-0.39, 0.29) is 0 Å².